The van der Waals surface area contributed by atoms with Gasteiger partial charge in [0.2, 0.25) is 0 Å². The first-order valence-electron chi connectivity index (χ1n) is 12.7. The maximum absolute atomic E-state index is 11.3. The van der Waals surface area contributed by atoms with Gasteiger partial charge in [-0.1, -0.05) is 74.5 Å². The summed E-state index contributed by atoms with van der Waals surface area (Å²) in [6.45, 7) is 7.38. The zero-order valence-electron chi connectivity index (χ0n) is 22.0. The molecule has 0 aliphatic heterocycles. The Bertz CT molecular complexity index is 1340. The minimum atomic E-state index is -0.652. The Labute approximate surface area is 224 Å². The van der Waals surface area contributed by atoms with Crippen LogP contribution in [0.4, 0.5) is 4.79 Å². The highest BCUT2D eigenvalue weighted by molar-refractivity contribution is 5.88. The smallest absolute Gasteiger partial charge is 0.434 e. The Hall–Kier alpha value is -4.38. The maximum Gasteiger partial charge on any atom is 0.434 e. The van der Waals surface area contributed by atoms with E-state index in [-0.39, 0.29) is 12.0 Å². The number of nitrogens with zero attached hydrogens (tertiary/aromatic N) is 1. The first-order valence-corrected chi connectivity index (χ1v) is 12.7. The summed E-state index contributed by atoms with van der Waals surface area (Å²) in [7, 11) is 0. The van der Waals surface area contributed by atoms with E-state index in [9.17, 15) is 4.79 Å². The first kappa shape index (κ1) is 26.7. The summed E-state index contributed by atoms with van der Waals surface area (Å²) in [4.78, 5) is 14.9. The highest BCUT2D eigenvalue weighted by atomic mass is 16.5. The van der Waals surface area contributed by atoms with Gasteiger partial charge in [0, 0.05) is 11.0 Å². The van der Waals surface area contributed by atoms with Crippen LogP contribution in [0.15, 0.2) is 108 Å². The largest absolute Gasteiger partial charge is 0.489 e. The van der Waals surface area contributed by atoms with E-state index in [0.29, 0.717) is 24.5 Å². The van der Waals surface area contributed by atoms with Crippen LogP contribution in [0.25, 0.3) is 0 Å². The fourth-order valence-electron chi connectivity index (χ4n) is 4.02. The van der Waals surface area contributed by atoms with Crippen molar-refractivity contribution < 1.29 is 19.0 Å². The maximum atomic E-state index is 11.3. The number of hydrogen-bond acceptors (Lipinski definition) is 4. The van der Waals surface area contributed by atoms with E-state index in [1.54, 1.807) is 19.1 Å². The van der Waals surface area contributed by atoms with E-state index in [4.69, 9.17) is 14.2 Å². The van der Waals surface area contributed by atoms with Gasteiger partial charge >= 0.3 is 6.09 Å². The van der Waals surface area contributed by atoms with Gasteiger partial charge in [0.25, 0.3) is 0 Å². The Morgan fingerprint density at radius 1 is 0.737 bits per heavy atom. The van der Waals surface area contributed by atoms with Crippen LogP contribution in [-0.4, -0.2) is 18.9 Å². The highest BCUT2D eigenvalue weighted by Crippen LogP contribution is 2.32. The molecular weight excluding hydrogens is 474 g/mol. The van der Waals surface area contributed by atoms with E-state index in [0.717, 1.165) is 16.9 Å². The van der Waals surface area contributed by atoms with Crippen molar-refractivity contribution in [1.82, 2.24) is 0 Å². The van der Waals surface area contributed by atoms with Gasteiger partial charge in [-0.3, -0.25) is 0 Å². The number of rotatable bonds is 10. The van der Waals surface area contributed by atoms with Crippen molar-refractivity contribution in [3.63, 3.8) is 0 Å². The summed E-state index contributed by atoms with van der Waals surface area (Å²) < 4.78 is 16.7. The molecule has 0 saturated carbocycles. The molecule has 5 heteroatoms. The number of benzene rings is 4. The second kappa shape index (κ2) is 12.7. The van der Waals surface area contributed by atoms with Crippen molar-refractivity contribution in [1.29, 1.82) is 0 Å². The van der Waals surface area contributed by atoms with Crippen LogP contribution >= 0.6 is 0 Å². The summed E-state index contributed by atoms with van der Waals surface area (Å²) >= 11 is 0. The Morgan fingerprint density at radius 3 is 1.87 bits per heavy atom. The molecule has 38 heavy (non-hydrogen) atoms. The quantitative estimate of drug-likeness (QED) is 0.208. The second-order valence-electron chi connectivity index (χ2n) is 9.36. The Balaban J connectivity index is 1.29. The lowest BCUT2D eigenvalue weighted by Gasteiger charge is -2.26. The van der Waals surface area contributed by atoms with E-state index in [1.165, 1.54) is 11.1 Å². The molecule has 0 unspecified atom stereocenters. The molecule has 0 spiro atoms. The minimum Gasteiger partial charge on any atom is -0.489 e. The molecule has 0 atom stereocenters. The minimum absolute atomic E-state index is 0.0804. The molecule has 0 aliphatic carbocycles. The van der Waals surface area contributed by atoms with Gasteiger partial charge in [-0.15, -0.1) is 0 Å². The number of carbonyl (C=O) groups is 1. The molecule has 0 aliphatic rings. The molecule has 193 valence electrons. The van der Waals surface area contributed by atoms with Crippen molar-refractivity contribution in [2.24, 2.45) is 4.99 Å². The van der Waals surface area contributed by atoms with Crippen LogP contribution in [0.2, 0.25) is 0 Å². The number of aliphatic imine (C=N–C) groups is 1. The predicted molar refractivity (Wildman–Crippen MR) is 150 cm³/mol. The lowest BCUT2D eigenvalue weighted by Crippen LogP contribution is -2.18. The molecule has 0 N–H and O–H groups in total. The van der Waals surface area contributed by atoms with Gasteiger partial charge in [0.15, 0.2) is 0 Å². The van der Waals surface area contributed by atoms with Gasteiger partial charge in [0.05, 0.1) is 6.61 Å². The van der Waals surface area contributed by atoms with Crippen molar-refractivity contribution in [2.45, 2.75) is 39.4 Å². The molecular formula is C33H32NO4. The molecule has 4 aromatic carbocycles. The van der Waals surface area contributed by atoms with Crippen LogP contribution < -0.4 is 9.47 Å². The van der Waals surface area contributed by atoms with Crippen molar-refractivity contribution in [3.05, 3.63) is 131 Å². The Morgan fingerprint density at radius 2 is 1.29 bits per heavy atom. The van der Waals surface area contributed by atoms with E-state index in [1.807, 2.05) is 48.5 Å². The molecule has 0 aromatic heterocycles. The van der Waals surface area contributed by atoms with Crippen molar-refractivity contribution in [3.8, 4) is 11.5 Å². The third-order valence-electron chi connectivity index (χ3n) is 6.27. The van der Waals surface area contributed by atoms with E-state index >= 15 is 0 Å². The normalized spacial score (nSPS) is 11.3. The molecule has 0 heterocycles. The Kier molecular flexibility index (Phi) is 8.94. The predicted octanol–water partition coefficient (Wildman–Crippen LogP) is 7.62. The fraction of sp³-hybridized carbons (Fsp3) is 0.212. The van der Waals surface area contributed by atoms with Crippen molar-refractivity contribution in [2.75, 3.05) is 6.61 Å². The summed E-state index contributed by atoms with van der Waals surface area (Å²) in [6, 6.07) is 34.2. The van der Waals surface area contributed by atoms with Gasteiger partial charge in [-0.2, -0.15) is 4.99 Å². The number of amides is 1. The molecule has 1 amide bonds. The van der Waals surface area contributed by atoms with Gasteiger partial charge < -0.3 is 14.2 Å². The van der Waals surface area contributed by atoms with Gasteiger partial charge in [-0.05, 0) is 71.6 Å². The third kappa shape index (κ3) is 7.32. The fourth-order valence-corrected chi connectivity index (χ4v) is 4.02. The number of carbonyl (C=O) groups excluding carboxylic acids is 1. The summed E-state index contributed by atoms with van der Waals surface area (Å²) in [6.07, 6.45) is 2.01. The molecule has 5 nitrogen and oxygen atoms in total. The lowest BCUT2D eigenvalue weighted by molar-refractivity contribution is 0.163. The molecule has 4 aromatic rings. The summed E-state index contributed by atoms with van der Waals surface area (Å²) in [5.74, 6) is 1.55. The average molecular weight is 507 g/mol. The lowest BCUT2D eigenvalue weighted by atomic mass is 9.78. The highest BCUT2D eigenvalue weighted by Gasteiger charge is 2.22. The summed E-state index contributed by atoms with van der Waals surface area (Å²) in [5, 5.41) is 0. The molecule has 0 fully saturated rings. The third-order valence-corrected chi connectivity index (χ3v) is 6.27. The number of hydrogen-bond donors (Lipinski definition) is 0. The van der Waals surface area contributed by atoms with Gasteiger partial charge in [0.1, 0.15) is 30.9 Å². The van der Waals surface area contributed by atoms with Crippen LogP contribution in [-0.2, 0) is 23.4 Å². The van der Waals surface area contributed by atoms with E-state index in [2.05, 4.69) is 67.5 Å². The van der Waals surface area contributed by atoms with Gasteiger partial charge in [-0.25, -0.2) is 4.79 Å². The van der Waals surface area contributed by atoms with Crippen molar-refractivity contribution >= 4 is 12.3 Å². The molecule has 4 rings (SSSR count). The summed E-state index contributed by atoms with van der Waals surface area (Å²) in [5.41, 5.74) is 5.23. The van der Waals surface area contributed by atoms with Crippen LogP contribution in [0.5, 0.6) is 11.5 Å². The first-order chi connectivity index (χ1) is 18.4. The standard InChI is InChI=1S/C33H32NO4/c1-4-36-32(35)34-22-25-13-17-30(18-14-25)37-23-26-9-8-10-27(21-26)24-38-31-19-15-29(16-20-31)33(2,3)28-11-6-5-7-12-28/h5-21H,4,23-24H2,1-3H3. The molecule has 1 radical (unpaired) electrons. The van der Waals surface area contributed by atoms with Crippen LogP contribution in [0.1, 0.15) is 48.6 Å². The number of ether oxygens (including phenoxy) is 3. The monoisotopic (exact) mass is 506 g/mol. The van der Waals surface area contributed by atoms with Crippen LogP contribution in [0.3, 0.4) is 0 Å². The van der Waals surface area contributed by atoms with E-state index < -0.39 is 6.09 Å². The SMILES string of the molecule is CCOC(=O)/N=[C]/c1ccc(OCc2cccc(COc3ccc(C(C)(C)c4ccccc4)cc3)c2)cc1. The molecule has 0 saturated heterocycles. The zero-order chi connectivity index (χ0) is 26.8. The average Bonchev–Trinajstić information content (AvgIpc) is 2.95. The zero-order valence-corrected chi connectivity index (χ0v) is 22.0. The topological polar surface area (TPSA) is 57.1 Å². The molecule has 0 bridgehead atoms. The van der Waals surface area contributed by atoms with Crippen LogP contribution in [0, 0.1) is 0 Å². The second-order valence-corrected chi connectivity index (χ2v) is 9.36.